The maximum Gasteiger partial charge on any atom is 0.251 e. The average molecular weight is 314 g/mol. The Morgan fingerprint density at radius 1 is 1.22 bits per heavy atom. The zero-order valence-electron chi connectivity index (χ0n) is 14.2. The number of hydrogen-bond acceptors (Lipinski definition) is 6. The summed E-state index contributed by atoms with van der Waals surface area (Å²) < 4.78 is 7.48. The van der Waals surface area contributed by atoms with Crippen molar-refractivity contribution in [2.45, 2.75) is 47.2 Å². The SMILES string of the molecule is CCn1ncc2c(N[C@@H](C)C(C)C)c(-c3nnc(C)o3)cnc21. The van der Waals surface area contributed by atoms with Crippen LogP contribution in [-0.4, -0.2) is 31.0 Å². The highest BCUT2D eigenvalue weighted by atomic mass is 16.4. The molecule has 1 N–H and O–H groups in total. The lowest BCUT2D eigenvalue weighted by Gasteiger charge is -2.20. The van der Waals surface area contributed by atoms with Gasteiger partial charge in [-0.2, -0.15) is 5.10 Å². The smallest absolute Gasteiger partial charge is 0.251 e. The molecule has 0 saturated heterocycles. The van der Waals surface area contributed by atoms with Gasteiger partial charge in [-0.25, -0.2) is 9.67 Å². The standard InChI is InChI=1S/C16H22N6O/c1-6-22-15-12(8-18-22)14(19-10(4)9(2)3)13(7-17-15)16-21-20-11(5)23-16/h7-10H,6H2,1-5H3,(H,17,19)/t10-/m0/s1. The topological polar surface area (TPSA) is 81.7 Å². The normalized spacial score (nSPS) is 13.0. The lowest BCUT2D eigenvalue weighted by Crippen LogP contribution is -2.22. The maximum atomic E-state index is 5.60. The zero-order valence-corrected chi connectivity index (χ0v) is 14.2. The van der Waals surface area contributed by atoms with Crippen LogP contribution in [-0.2, 0) is 6.54 Å². The van der Waals surface area contributed by atoms with Crippen LogP contribution in [0.15, 0.2) is 16.8 Å². The first kappa shape index (κ1) is 15.5. The van der Waals surface area contributed by atoms with Crippen LogP contribution in [0.25, 0.3) is 22.5 Å². The molecule has 1 atom stereocenters. The molecule has 7 nitrogen and oxygen atoms in total. The molecule has 0 saturated carbocycles. The van der Waals surface area contributed by atoms with E-state index in [2.05, 4.69) is 46.4 Å². The van der Waals surface area contributed by atoms with Crippen molar-refractivity contribution >= 4 is 16.7 Å². The van der Waals surface area contributed by atoms with Crippen LogP contribution in [0, 0.1) is 12.8 Å². The minimum atomic E-state index is 0.286. The fourth-order valence-electron chi connectivity index (χ4n) is 2.38. The summed E-state index contributed by atoms with van der Waals surface area (Å²) in [4.78, 5) is 4.54. The Morgan fingerprint density at radius 3 is 2.61 bits per heavy atom. The molecule has 3 aromatic rings. The molecular formula is C16H22N6O. The Kier molecular flexibility index (Phi) is 4.02. The highest BCUT2D eigenvalue weighted by Crippen LogP contribution is 2.33. The number of pyridine rings is 1. The van der Waals surface area contributed by atoms with E-state index in [4.69, 9.17) is 4.42 Å². The first-order valence-electron chi connectivity index (χ1n) is 7.92. The second-order valence-corrected chi connectivity index (χ2v) is 6.05. The summed E-state index contributed by atoms with van der Waals surface area (Å²) >= 11 is 0. The second kappa shape index (κ2) is 5.98. The average Bonchev–Trinajstić information content (AvgIpc) is 3.13. The van der Waals surface area contributed by atoms with E-state index in [1.807, 2.05) is 17.8 Å². The van der Waals surface area contributed by atoms with Gasteiger partial charge in [-0.1, -0.05) is 13.8 Å². The molecule has 0 aliphatic rings. The zero-order chi connectivity index (χ0) is 16.6. The number of anilines is 1. The number of fused-ring (bicyclic) bond motifs is 1. The molecule has 0 unspecified atom stereocenters. The van der Waals surface area contributed by atoms with Crippen molar-refractivity contribution in [3.05, 3.63) is 18.3 Å². The van der Waals surface area contributed by atoms with Gasteiger partial charge in [0.05, 0.1) is 22.8 Å². The minimum absolute atomic E-state index is 0.286. The molecular weight excluding hydrogens is 292 g/mol. The third-order valence-corrected chi connectivity index (χ3v) is 4.09. The molecule has 23 heavy (non-hydrogen) atoms. The van der Waals surface area contributed by atoms with Crippen molar-refractivity contribution < 1.29 is 4.42 Å². The first-order chi connectivity index (χ1) is 11.0. The Balaban J connectivity index is 2.18. The molecule has 7 heteroatoms. The molecule has 0 aliphatic carbocycles. The molecule has 0 spiro atoms. The van der Waals surface area contributed by atoms with E-state index in [0.29, 0.717) is 17.7 Å². The molecule has 0 aromatic carbocycles. The molecule has 0 bridgehead atoms. The molecule has 3 heterocycles. The van der Waals surface area contributed by atoms with E-state index >= 15 is 0 Å². The van der Waals surface area contributed by atoms with Crippen LogP contribution >= 0.6 is 0 Å². The summed E-state index contributed by atoms with van der Waals surface area (Å²) in [5, 5.41) is 17.0. The Morgan fingerprint density at radius 2 is 2.00 bits per heavy atom. The van der Waals surface area contributed by atoms with Gasteiger partial charge in [0.2, 0.25) is 5.89 Å². The molecule has 0 radical (unpaired) electrons. The van der Waals surface area contributed by atoms with Crippen LogP contribution in [0.3, 0.4) is 0 Å². The fourth-order valence-corrected chi connectivity index (χ4v) is 2.38. The van der Waals surface area contributed by atoms with Crippen molar-refractivity contribution in [2.24, 2.45) is 5.92 Å². The minimum Gasteiger partial charge on any atom is -0.421 e. The predicted molar refractivity (Wildman–Crippen MR) is 89.2 cm³/mol. The summed E-state index contributed by atoms with van der Waals surface area (Å²) in [5.41, 5.74) is 2.60. The van der Waals surface area contributed by atoms with Crippen molar-refractivity contribution in [1.29, 1.82) is 0 Å². The second-order valence-electron chi connectivity index (χ2n) is 6.05. The number of nitrogens with zero attached hydrogens (tertiary/aromatic N) is 5. The van der Waals surface area contributed by atoms with Crippen molar-refractivity contribution in [3.63, 3.8) is 0 Å². The van der Waals surface area contributed by atoms with Crippen LogP contribution in [0.2, 0.25) is 0 Å². The molecule has 0 aliphatic heterocycles. The molecule has 122 valence electrons. The number of aromatic nitrogens is 5. The highest BCUT2D eigenvalue weighted by Gasteiger charge is 2.20. The first-order valence-corrected chi connectivity index (χ1v) is 7.92. The van der Waals surface area contributed by atoms with Gasteiger partial charge in [-0.3, -0.25) is 0 Å². The van der Waals surface area contributed by atoms with Gasteiger partial charge in [0.15, 0.2) is 5.65 Å². The van der Waals surface area contributed by atoms with Gasteiger partial charge >= 0.3 is 0 Å². The third-order valence-electron chi connectivity index (χ3n) is 4.09. The van der Waals surface area contributed by atoms with Gasteiger partial charge in [-0.05, 0) is 19.8 Å². The lowest BCUT2D eigenvalue weighted by atomic mass is 10.0. The number of aryl methyl sites for hydroxylation is 2. The predicted octanol–water partition coefficient (Wildman–Crippen LogP) is 3.27. The number of nitrogens with one attached hydrogen (secondary N) is 1. The van der Waals surface area contributed by atoms with Gasteiger partial charge < -0.3 is 9.73 Å². The van der Waals surface area contributed by atoms with Gasteiger partial charge in [0, 0.05) is 25.7 Å². The largest absolute Gasteiger partial charge is 0.421 e. The lowest BCUT2D eigenvalue weighted by molar-refractivity contribution is 0.532. The number of rotatable bonds is 5. The van der Waals surface area contributed by atoms with Crippen molar-refractivity contribution in [2.75, 3.05) is 5.32 Å². The molecule has 3 rings (SSSR count). The van der Waals surface area contributed by atoms with Crippen LogP contribution in [0.4, 0.5) is 5.69 Å². The third kappa shape index (κ3) is 2.78. The van der Waals surface area contributed by atoms with Gasteiger partial charge in [-0.15, -0.1) is 10.2 Å². The van der Waals surface area contributed by atoms with E-state index < -0.39 is 0 Å². The molecule has 0 fully saturated rings. The van der Waals surface area contributed by atoms with Crippen molar-refractivity contribution in [3.8, 4) is 11.5 Å². The van der Waals surface area contributed by atoms with E-state index in [9.17, 15) is 0 Å². The maximum absolute atomic E-state index is 5.60. The summed E-state index contributed by atoms with van der Waals surface area (Å²) in [5.74, 6) is 1.49. The summed E-state index contributed by atoms with van der Waals surface area (Å²) in [6.45, 7) is 11.1. The van der Waals surface area contributed by atoms with Gasteiger partial charge in [0.1, 0.15) is 0 Å². The summed E-state index contributed by atoms with van der Waals surface area (Å²) in [6, 6.07) is 0.286. The molecule has 0 amide bonds. The fraction of sp³-hybridized carbons (Fsp3) is 0.500. The van der Waals surface area contributed by atoms with Gasteiger partial charge in [0.25, 0.3) is 5.89 Å². The van der Waals surface area contributed by atoms with E-state index in [1.165, 1.54) is 0 Å². The van der Waals surface area contributed by atoms with Crippen LogP contribution < -0.4 is 5.32 Å². The van der Waals surface area contributed by atoms with Crippen LogP contribution in [0.1, 0.15) is 33.6 Å². The number of hydrogen-bond donors (Lipinski definition) is 1. The quantitative estimate of drug-likeness (QED) is 0.778. The van der Waals surface area contributed by atoms with Crippen molar-refractivity contribution in [1.82, 2.24) is 25.0 Å². The highest BCUT2D eigenvalue weighted by molar-refractivity contribution is 5.96. The van der Waals surface area contributed by atoms with E-state index in [0.717, 1.165) is 28.8 Å². The van der Waals surface area contributed by atoms with E-state index in [-0.39, 0.29) is 6.04 Å². The molecule has 3 aromatic heterocycles. The van der Waals surface area contributed by atoms with Crippen LogP contribution in [0.5, 0.6) is 0 Å². The Bertz CT molecular complexity index is 819. The summed E-state index contributed by atoms with van der Waals surface area (Å²) in [7, 11) is 0. The Labute approximate surface area is 135 Å². The van der Waals surface area contributed by atoms with E-state index in [1.54, 1.807) is 13.1 Å². The monoisotopic (exact) mass is 314 g/mol. The Hall–Kier alpha value is -2.44. The summed E-state index contributed by atoms with van der Waals surface area (Å²) in [6.07, 6.45) is 3.62.